The second kappa shape index (κ2) is 7.97. The molecule has 138 valence electrons. The lowest BCUT2D eigenvalue weighted by atomic mass is 10.2. The lowest BCUT2D eigenvalue weighted by Gasteiger charge is -2.35. The van der Waals surface area contributed by atoms with Gasteiger partial charge in [0.15, 0.2) is 0 Å². The number of carbonyl (C=O) groups is 1. The van der Waals surface area contributed by atoms with Gasteiger partial charge in [0, 0.05) is 59.5 Å². The number of ether oxygens (including phenoxy) is 1. The van der Waals surface area contributed by atoms with Crippen molar-refractivity contribution in [2.75, 3.05) is 58.3 Å². The van der Waals surface area contributed by atoms with Crippen LogP contribution >= 0.6 is 0 Å². The number of aromatic nitrogens is 2. The summed E-state index contributed by atoms with van der Waals surface area (Å²) < 4.78 is 6.91. The molecule has 8 nitrogen and oxygen atoms in total. The maximum atomic E-state index is 12.5. The number of piperazine rings is 1. The molecule has 3 heterocycles. The van der Waals surface area contributed by atoms with Crippen molar-refractivity contribution < 1.29 is 9.53 Å². The van der Waals surface area contributed by atoms with Crippen molar-refractivity contribution in [3.63, 3.8) is 0 Å². The van der Waals surface area contributed by atoms with E-state index < -0.39 is 0 Å². The van der Waals surface area contributed by atoms with Crippen molar-refractivity contribution in [1.82, 2.24) is 19.6 Å². The Hall–Kier alpha value is -1.93. The molecule has 25 heavy (non-hydrogen) atoms. The van der Waals surface area contributed by atoms with E-state index in [0.29, 0.717) is 19.2 Å². The van der Waals surface area contributed by atoms with Crippen LogP contribution in [0.25, 0.3) is 0 Å². The zero-order valence-electron chi connectivity index (χ0n) is 15.1. The lowest BCUT2D eigenvalue weighted by Crippen LogP contribution is -2.51. The van der Waals surface area contributed by atoms with Crippen LogP contribution in [-0.2, 0) is 16.1 Å². The van der Waals surface area contributed by atoms with Crippen LogP contribution in [0.1, 0.15) is 12.8 Å². The van der Waals surface area contributed by atoms with Crippen LogP contribution in [0.3, 0.4) is 0 Å². The van der Waals surface area contributed by atoms with Gasteiger partial charge >= 0.3 is 0 Å². The van der Waals surface area contributed by atoms with E-state index in [1.165, 1.54) is 10.7 Å². The minimum Gasteiger partial charge on any atom is -0.377 e. The maximum absolute atomic E-state index is 12.5. The summed E-state index contributed by atoms with van der Waals surface area (Å²) >= 11 is 0. The van der Waals surface area contributed by atoms with E-state index in [0.717, 1.165) is 44.8 Å². The predicted molar refractivity (Wildman–Crippen MR) is 94.8 cm³/mol. The first kappa shape index (κ1) is 17.9. The first-order valence-electron chi connectivity index (χ1n) is 8.89. The molecular weight excluding hydrogens is 322 g/mol. The van der Waals surface area contributed by atoms with Crippen LogP contribution in [0.2, 0.25) is 0 Å². The predicted octanol–water partition coefficient (Wildman–Crippen LogP) is -0.367. The van der Waals surface area contributed by atoms with E-state index in [1.807, 2.05) is 23.9 Å². The minimum absolute atomic E-state index is 0.00171. The first-order chi connectivity index (χ1) is 12.0. The number of carbonyl (C=O) groups excluding carboxylic acids is 1. The molecule has 0 aliphatic carbocycles. The van der Waals surface area contributed by atoms with Gasteiger partial charge in [-0.3, -0.25) is 14.5 Å². The fourth-order valence-corrected chi connectivity index (χ4v) is 3.27. The summed E-state index contributed by atoms with van der Waals surface area (Å²) in [7, 11) is 3.70. The number of anilines is 1. The molecule has 2 aliphatic rings. The van der Waals surface area contributed by atoms with E-state index in [9.17, 15) is 9.59 Å². The van der Waals surface area contributed by atoms with Gasteiger partial charge in [-0.25, -0.2) is 4.68 Å². The summed E-state index contributed by atoms with van der Waals surface area (Å²) in [6.45, 7) is 4.91. The number of nitrogens with zero attached hydrogens (tertiary/aromatic N) is 5. The Morgan fingerprint density at radius 3 is 2.68 bits per heavy atom. The highest BCUT2D eigenvalue weighted by Crippen LogP contribution is 2.14. The quantitative estimate of drug-likeness (QED) is 0.723. The van der Waals surface area contributed by atoms with Gasteiger partial charge in [-0.1, -0.05) is 0 Å². The van der Waals surface area contributed by atoms with E-state index in [1.54, 1.807) is 6.20 Å². The number of rotatable bonds is 5. The molecule has 1 atom stereocenters. The summed E-state index contributed by atoms with van der Waals surface area (Å²) in [5, 5.41) is 4.11. The Morgan fingerprint density at radius 2 is 2.08 bits per heavy atom. The SMILES string of the molecule is CN(C)c1cnn(CC(=O)N2CCN(CC3CCCO3)CC2)c(=O)c1. The lowest BCUT2D eigenvalue weighted by molar-refractivity contribution is -0.134. The van der Waals surface area contributed by atoms with Crippen LogP contribution in [0.5, 0.6) is 0 Å². The van der Waals surface area contributed by atoms with Crippen LogP contribution in [0, 0.1) is 0 Å². The topological polar surface area (TPSA) is 70.9 Å². The smallest absolute Gasteiger partial charge is 0.269 e. The van der Waals surface area contributed by atoms with Crippen LogP contribution in [-0.4, -0.2) is 85.0 Å². The van der Waals surface area contributed by atoms with Gasteiger partial charge in [-0.15, -0.1) is 0 Å². The van der Waals surface area contributed by atoms with Gasteiger partial charge < -0.3 is 14.5 Å². The van der Waals surface area contributed by atoms with Crippen LogP contribution < -0.4 is 10.5 Å². The Balaban J connectivity index is 1.50. The van der Waals surface area contributed by atoms with Crippen molar-refractivity contribution in [3.05, 3.63) is 22.6 Å². The maximum Gasteiger partial charge on any atom is 0.269 e. The van der Waals surface area contributed by atoms with Crippen molar-refractivity contribution in [2.24, 2.45) is 0 Å². The molecule has 8 heteroatoms. The second-order valence-corrected chi connectivity index (χ2v) is 6.92. The summed E-state index contributed by atoms with van der Waals surface area (Å²) in [6.07, 6.45) is 4.24. The normalized spacial score (nSPS) is 21.5. The van der Waals surface area contributed by atoms with Gasteiger partial charge in [0.1, 0.15) is 6.54 Å². The molecular formula is C17H27N5O3. The average molecular weight is 349 g/mol. The largest absolute Gasteiger partial charge is 0.377 e. The minimum atomic E-state index is -0.253. The molecule has 0 saturated carbocycles. The highest BCUT2D eigenvalue weighted by molar-refractivity contribution is 5.76. The number of amides is 1. The molecule has 1 amide bonds. The Morgan fingerprint density at radius 1 is 1.32 bits per heavy atom. The highest BCUT2D eigenvalue weighted by atomic mass is 16.5. The zero-order valence-corrected chi connectivity index (χ0v) is 15.1. The van der Waals surface area contributed by atoms with Crippen molar-refractivity contribution in [1.29, 1.82) is 0 Å². The Bertz CT molecular complexity index is 646. The van der Waals surface area contributed by atoms with Crippen molar-refractivity contribution >= 4 is 11.6 Å². The van der Waals surface area contributed by atoms with E-state index in [2.05, 4.69) is 10.00 Å². The van der Waals surface area contributed by atoms with Crippen LogP contribution in [0.15, 0.2) is 17.1 Å². The molecule has 0 spiro atoms. The Kier molecular flexibility index (Phi) is 5.70. The fraction of sp³-hybridized carbons (Fsp3) is 0.706. The molecule has 0 bridgehead atoms. The monoisotopic (exact) mass is 349 g/mol. The third kappa shape index (κ3) is 4.58. The number of hydrogen-bond acceptors (Lipinski definition) is 6. The fourth-order valence-electron chi connectivity index (χ4n) is 3.27. The summed E-state index contributed by atoms with van der Waals surface area (Å²) in [5.74, 6) is -0.0519. The van der Waals surface area contributed by atoms with Gasteiger partial charge in [-0.2, -0.15) is 5.10 Å². The molecule has 1 aromatic heterocycles. The standard InChI is InChI=1S/C17H27N5O3/c1-19(2)14-10-16(23)22(18-11-14)13-17(24)21-7-5-20(6-8-21)12-15-4-3-9-25-15/h10-11,15H,3-9,12-13H2,1-2H3. The molecule has 1 unspecified atom stereocenters. The third-order valence-corrected chi connectivity index (χ3v) is 4.87. The summed E-state index contributed by atoms with van der Waals surface area (Å²) in [4.78, 5) is 30.5. The molecule has 1 aromatic rings. The molecule has 2 aliphatic heterocycles. The number of hydrogen-bond donors (Lipinski definition) is 0. The van der Waals surface area contributed by atoms with Crippen molar-refractivity contribution in [2.45, 2.75) is 25.5 Å². The van der Waals surface area contributed by atoms with E-state index in [-0.39, 0.29) is 18.0 Å². The van der Waals surface area contributed by atoms with Gasteiger partial charge in [-0.05, 0) is 12.8 Å². The third-order valence-electron chi connectivity index (χ3n) is 4.87. The molecule has 2 saturated heterocycles. The highest BCUT2D eigenvalue weighted by Gasteiger charge is 2.25. The average Bonchev–Trinajstić information content (AvgIpc) is 3.10. The van der Waals surface area contributed by atoms with Crippen molar-refractivity contribution in [3.8, 4) is 0 Å². The zero-order chi connectivity index (χ0) is 17.8. The van der Waals surface area contributed by atoms with Gasteiger partial charge in [0.05, 0.1) is 18.0 Å². The first-order valence-corrected chi connectivity index (χ1v) is 8.89. The van der Waals surface area contributed by atoms with Gasteiger partial charge in [0.2, 0.25) is 5.91 Å². The molecule has 0 N–H and O–H groups in total. The summed E-state index contributed by atoms with van der Waals surface area (Å²) in [5.41, 5.74) is 0.480. The van der Waals surface area contributed by atoms with E-state index in [4.69, 9.17) is 4.74 Å². The molecule has 0 aromatic carbocycles. The van der Waals surface area contributed by atoms with Gasteiger partial charge in [0.25, 0.3) is 5.56 Å². The molecule has 0 radical (unpaired) electrons. The Labute approximate surface area is 147 Å². The van der Waals surface area contributed by atoms with Crippen LogP contribution in [0.4, 0.5) is 5.69 Å². The molecule has 2 fully saturated rings. The second-order valence-electron chi connectivity index (χ2n) is 6.92. The molecule has 3 rings (SSSR count). The van der Waals surface area contributed by atoms with E-state index >= 15 is 0 Å². The summed E-state index contributed by atoms with van der Waals surface area (Å²) in [6, 6.07) is 1.50.